The molecule has 1 amide bonds. The number of aromatic nitrogens is 3. The zero-order valence-corrected chi connectivity index (χ0v) is 17.9. The van der Waals surface area contributed by atoms with Crippen molar-refractivity contribution in [3.8, 4) is 16.3 Å². The number of amides is 1. The Bertz CT molecular complexity index is 1340. The van der Waals surface area contributed by atoms with Crippen LogP contribution in [0.25, 0.3) is 20.8 Å². The number of nitrogens with one attached hydrogen (secondary N) is 1. The van der Waals surface area contributed by atoms with E-state index >= 15 is 0 Å². The van der Waals surface area contributed by atoms with Crippen molar-refractivity contribution in [3.63, 3.8) is 0 Å². The third-order valence-corrected chi connectivity index (χ3v) is 6.01. The third kappa shape index (κ3) is 4.21. The molecule has 0 saturated heterocycles. The Morgan fingerprint density at radius 2 is 1.78 bits per heavy atom. The Morgan fingerprint density at radius 3 is 2.50 bits per heavy atom. The molecule has 8 heteroatoms. The lowest BCUT2D eigenvalue weighted by Gasteiger charge is -2.08. The van der Waals surface area contributed by atoms with Crippen LogP contribution >= 0.6 is 11.3 Å². The van der Waals surface area contributed by atoms with Gasteiger partial charge in [-0.15, -0.1) is 11.3 Å². The number of benzene rings is 3. The number of carbonyl (C=O) groups excluding carboxylic acids is 1. The molecule has 0 saturated carbocycles. The number of carbonyl (C=O) groups is 1. The molecule has 158 valence electrons. The first kappa shape index (κ1) is 19.9. The van der Waals surface area contributed by atoms with E-state index in [1.54, 1.807) is 42.5 Å². The van der Waals surface area contributed by atoms with Crippen molar-refractivity contribution in [2.45, 2.75) is 13.5 Å². The average Bonchev–Trinajstić information content (AvgIpc) is 3.44. The van der Waals surface area contributed by atoms with E-state index in [9.17, 15) is 4.79 Å². The Balaban J connectivity index is 1.22. The number of fused-ring (bicyclic) bond motifs is 1. The van der Waals surface area contributed by atoms with E-state index in [-0.39, 0.29) is 12.5 Å². The van der Waals surface area contributed by atoms with Gasteiger partial charge >= 0.3 is 0 Å². The van der Waals surface area contributed by atoms with Crippen LogP contribution in [0, 0.1) is 6.92 Å². The number of aryl methyl sites for hydroxylation is 1. The summed E-state index contributed by atoms with van der Waals surface area (Å²) in [5, 5.41) is 11.4. The second-order valence-corrected chi connectivity index (χ2v) is 8.16. The molecule has 32 heavy (non-hydrogen) atoms. The molecule has 0 fully saturated rings. The highest BCUT2D eigenvalue weighted by Crippen LogP contribution is 2.30. The van der Waals surface area contributed by atoms with Gasteiger partial charge in [-0.3, -0.25) is 4.79 Å². The minimum atomic E-state index is -0.194. The van der Waals surface area contributed by atoms with Crippen LogP contribution < -0.4 is 10.1 Å². The first-order chi connectivity index (χ1) is 15.7. The summed E-state index contributed by atoms with van der Waals surface area (Å²) >= 11 is 1.65. The number of ether oxygens (including phenoxy) is 1. The molecule has 1 N–H and O–H groups in total. The lowest BCUT2D eigenvalue weighted by Crippen LogP contribution is -2.11. The van der Waals surface area contributed by atoms with Crippen LogP contribution in [0.1, 0.15) is 21.7 Å². The van der Waals surface area contributed by atoms with Gasteiger partial charge < -0.3 is 10.1 Å². The van der Waals surface area contributed by atoms with Crippen LogP contribution in [0.3, 0.4) is 0 Å². The fourth-order valence-electron chi connectivity index (χ4n) is 3.13. The maximum Gasteiger partial charge on any atom is 0.255 e. The molecule has 0 spiro atoms. The number of rotatable bonds is 6. The van der Waals surface area contributed by atoms with E-state index in [1.807, 2.05) is 42.5 Å². The standard InChI is InChI=1S/C24H18N4O3S/c1-15-21(28-31-27-15)14-30-19-12-8-16(9-13-19)23(29)25-18-10-6-17(7-11-18)24-26-20-4-2-3-5-22(20)32-24/h2-13H,14H2,1H3,(H,25,29). The number of hydrogen-bond acceptors (Lipinski definition) is 7. The zero-order chi connectivity index (χ0) is 21.9. The number of hydrogen-bond donors (Lipinski definition) is 1. The van der Waals surface area contributed by atoms with Crippen molar-refractivity contribution in [1.29, 1.82) is 0 Å². The number of para-hydroxylation sites is 1. The van der Waals surface area contributed by atoms with Gasteiger partial charge in [-0.25, -0.2) is 9.61 Å². The van der Waals surface area contributed by atoms with Gasteiger partial charge in [0.2, 0.25) is 0 Å². The van der Waals surface area contributed by atoms with Crippen LogP contribution in [0.2, 0.25) is 0 Å². The van der Waals surface area contributed by atoms with Crippen molar-refractivity contribution in [2.24, 2.45) is 0 Å². The first-order valence-electron chi connectivity index (χ1n) is 9.94. The van der Waals surface area contributed by atoms with Crippen LogP contribution in [-0.4, -0.2) is 21.2 Å². The van der Waals surface area contributed by atoms with E-state index in [4.69, 9.17) is 4.74 Å². The minimum Gasteiger partial charge on any atom is -0.487 e. The van der Waals surface area contributed by atoms with Crippen molar-refractivity contribution in [2.75, 3.05) is 5.32 Å². The van der Waals surface area contributed by atoms with Gasteiger partial charge in [0, 0.05) is 16.8 Å². The van der Waals surface area contributed by atoms with Gasteiger partial charge in [0.05, 0.1) is 10.2 Å². The van der Waals surface area contributed by atoms with Gasteiger partial charge in [-0.05, 0) is 67.6 Å². The summed E-state index contributed by atoms with van der Waals surface area (Å²) in [4.78, 5) is 17.3. The summed E-state index contributed by atoms with van der Waals surface area (Å²) in [6, 6.07) is 22.7. The second-order valence-electron chi connectivity index (χ2n) is 7.13. The van der Waals surface area contributed by atoms with Crippen LogP contribution in [-0.2, 0) is 6.61 Å². The SMILES string of the molecule is Cc1nonc1COc1ccc(C(=O)Nc2ccc(-c3nc4ccccc4s3)cc2)cc1. The van der Waals surface area contributed by atoms with Gasteiger partial charge in [0.1, 0.15) is 28.8 Å². The number of thiazole rings is 1. The monoisotopic (exact) mass is 442 g/mol. The van der Waals surface area contributed by atoms with E-state index < -0.39 is 0 Å². The third-order valence-electron chi connectivity index (χ3n) is 4.92. The molecular formula is C24H18N4O3S. The summed E-state index contributed by atoms with van der Waals surface area (Å²) in [5.74, 6) is 0.435. The van der Waals surface area contributed by atoms with Crippen molar-refractivity contribution in [3.05, 3.63) is 89.7 Å². The lowest BCUT2D eigenvalue weighted by molar-refractivity contribution is 0.102. The number of nitrogens with zero attached hydrogens (tertiary/aromatic N) is 3. The maximum absolute atomic E-state index is 12.6. The molecule has 5 rings (SSSR count). The summed E-state index contributed by atoms with van der Waals surface area (Å²) in [6.45, 7) is 2.05. The molecule has 0 aliphatic rings. The molecule has 2 heterocycles. The van der Waals surface area contributed by atoms with Crippen molar-refractivity contribution < 1.29 is 14.2 Å². The molecule has 7 nitrogen and oxygen atoms in total. The van der Waals surface area contributed by atoms with E-state index in [1.165, 1.54) is 0 Å². The van der Waals surface area contributed by atoms with Crippen LogP contribution in [0.5, 0.6) is 5.75 Å². The molecule has 2 aromatic heterocycles. The highest BCUT2D eigenvalue weighted by Gasteiger charge is 2.10. The summed E-state index contributed by atoms with van der Waals surface area (Å²) in [6.07, 6.45) is 0. The predicted octanol–water partition coefficient (Wildman–Crippen LogP) is 5.49. The molecule has 0 atom stereocenters. The van der Waals surface area contributed by atoms with E-state index in [2.05, 4.69) is 31.3 Å². The molecular weight excluding hydrogens is 424 g/mol. The molecule has 0 radical (unpaired) electrons. The van der Waals surface area contributed by atoms with E-state index in [0.29, 0.717) is 28.4 Å². The average molecular weight is 443 g/mol. The summed E-state index contributed by atoms with van der Waals surface area (Å²) < 4.78 is 11.5. The normalized spacial score (nSPS) is 10.9. The van der Waals surface area contributed by atoms with Crippen molar-refractivity contribution >= 4 is 33.1 Å². The molecule has 0 aliphatic heterocycles. The van der Waals surface area contributed by atoms with Gasteiger partial charge in [-0.1, -0.05) is 22.4 Å². The van der Waals surface area contributed by atoms with Crippen molar-refractivity contribution in [1.82, 2.24) is 15.3 Å². The highest BCUT2D eigenvalue weighted by molar-refractivity contribution is 7.21. The smallest absolute Gasteiger partial charge is 0.255 e. The molecule has 0 aliphatic carbocycles. The second kappa shape index (κ2) is 8.60. The zero-order valence-electron chi connectivity index (χ0n) is 17.1. The fourth-order valence-corrected chi connectivity index (χ4v) is 4.10. The summed E-state index contributed by atoms with van der Waals surface area (Å²) in [7, 11) is 0. The Labute approximate surface area is 187 Å². The Kier molecular flexibility index (Phi) is 5.35. The lowest BCUT2D eigenvalue weighted by atomic mass is 10.2. The molecule has 3 aromatic carbocycles. The van der Waals surface area contributed by atoms with Crippen LogP contribution in [0.4, 0.5) is 5.69 Å². The largest absolute Gasteiger partial charge is 0.487 e. The predicted molar refractivity (Wildman–Crippen MR) is 123 cm³/mol. The topological polar surface area (TPSA) is 90.1 Å². The Morgan fingerprint density at radius 1 is 1.00 bits per heavy atom. The highest BCUT2D eigenvalue weighted by atomic mass is 32.1. The summed E-state index contributed by atoms with van der Waals surface area (Å²) in [5.41, 5.74) is 4.59. The fraction of sp³-hybridized carbons (Fsp3) is 0.0833. The van der Waals surface area contributed by atoms with Gasteiger partial charge in [-0.2, -0.15) is 0 Å². The number of anilines is 1. The van der Waals surface area contributed by atoms with E-state index in [0.717, 1.165) is 20.8 Å². The minimum absolute atomic E-state index is 0.194. The van der Waals surface area contributed by atoms with Gasteiger partial charge in [0.15, 0.2) is 0 Å². The molecule has 5 aromatic rings. The van der Waals surface area contributed by atoms with Crippen LogP contribution in [0.15, 0.2) is 77.4 Å². The quantitative estimate of drug-likeness (QED) is 0.374. The molecule has 0 bridgehead atoms. The maximum atomic E-state index is 12.6. The Hall–Kier alpha value is -4.04. The first-order valence-corrected chi connectivity index (χ1v) is 10.8. The van der Waals surface area contributed by atoms with Gasteiger partial charge in [0.25, 0.3) is 5.91 Å². The molecule has 0 unspecified atom stereocenters.